The van der Waals surface area contributed by atoms with E-state index in [1.807, 2.05) is 0 Å². The number of Topliss-reactive ketones (excluding diaryl/α,β-unsaturated/α-hetero) is 1. The molecule has 1 saturated heterocycles. The number of benzene rings is 2. The van der Waals surface area contributed by atoms with Crippen LogP contribution < -0.4 is 9.64 Å². The fourth-order valence-electron chi connectivity index (χ4n) is 6.93. The Morgan fingerprint density at radius 1 is 0.889 bits per heavy atom. The van der Waals surface area contributed by atoms with Crippen LogP contribution in [0.5, 0.6) is 11.5 Å². The fraction of sp³-hybridized carbons (Fsp3) is 0.312. The van der Waals surface area contributed by atoms with E-state index in [2.05, 4.69) is 0 Å². The first kappa shape index (κ1) is 30.4. The van der Waals surface area contributed by atoms with Crippen molar-refractivity contribution in [1.82, 2.24) is 0 Å². The summed E-state index contributed by atoms with van der Waals surface area (Å²) in [6.45, 7) is 1.47. The summed E-state index contributed by atoms with van der Waals surface area (Å²) in [5, 5.41) is 11.0. The summed E-state index contributed by atoms with van der Waals surface area (Å²) in [6.07, 6.45) is -7.94. The minimum atomic E-state index is -5.21. The third kappa shape index (κ3) is 4.75. The van der Waals surface area contributed by atoms with Crippen molar-refractivity contribution < 1.29 is 55.4 Å². The van der Waals surface area contributed by atoms with Gasteiger partial charge in [0.05, 0.1) is 35.8 Å². The Balaban J connectivity index is 1.48. The number of hydrogen-bond donors (Lipinski definition) is 1. The zero-order valence-electron chi connectivity index (χ0n) is 23.5. The molecule has 234 valence electrons. The van der Waals surface area contributed by atoms with Gasteiger partial charge in [-0.15, -0.1) is 0 Å². The van der Waals surface area contributed by atoms with Crippen molar-refractivity contribution in [1.29, 1.82) is 0 Å². The van der Waals surface area contributed by atoms with Crippen molar-refractivity contribution in [2.45, 2.75) is 38.0 Å². The predicted molar refractivity (Wildman–Crippen MR) is 145 cm³/mol. The van der Waals surface area contributed by atoms with E-state index in [0.29, 0.717) is 28.4 Å². The molecule has 0 aromatic heterocycles. The minimum Gasteiger partial charge on any atom is -0.507 e. The number of alkyl halides is 6. The van der Waals surface area contributed by atoms with Crippen molar-refractivity contribution in [3.05, 3.63) is 87.5 Å². The second-order valence-electron chi connectivity index (χ2n) is 11.4. The molecule has 2 amide bonds. The standard InChI is InChI=1S/C32H23F6NO6/c1-13-7-23(40)22-12-21-18(25(27(22)28(13)42)19-4-3-17(45-2)11-24(19)41)5-6-20-26(21)30(44)39(29(20)43)16-9-14(31(33,34)35)8-15(10-16)32(36,37)38/h3-5,7-11,20-21,25-26,41H,6,12H2,1-2H3. The summed E-state index contributed by atoms with van der Waals surface area (Å²) in [5.41, 5.74) is -3.26. The summed E-state index contributed by atoms with van der Waals surface area (Å²) >= 11 is 0. The number of phenolic OH excluding ortho intramolecular Hbond substituents is 1. The van der Waals surface area contributed by atoms with Crippen LogP contribution >= 0.6 is 0 Å². The second-order valence-corrected chi connectivity index (χ2v) is 11.4. The molecular weight excluding hydrogens is 608 g/mol. The Bertz CT molecular complexity index is 1770. The third-order valence-electron chi connectivity index (χ3n) is 8.94. The number of ketones is 2. The van der Waals surface area contributed by atoms with Gasteiger partial charge in [0.1, 0.15) is 11.5 Å². The molecule has 1 fully saturated rings. The number of methoxy groups -OCH3 is 1. The molecule has 1 aliphatic heterocycles. The molecule has 2 aromatic carbocycles. The van der Waals surface area contributed by atoms with Crippen LogP contribution in [0.2, 0.25) is 0 Å². The van der Waals surface area contributed by atoms with Gasteiger partial charge >= 0.3 is 12.4 Å². The van der Waals surface area contributed by atoms with Gasteiger partial charge in [-0.25, -0.2) is 4.90 Å². The molecule has 3 aliphatic carbocycles. The number of anilines is 1. The minimum absolute atomic E-state index is 0.0609. The lowest BCUT2D eigenvalue weighted by molar-refractivity contribution is -0.143. The highest BCUT2D eigenvalue weighted by atomic mass is 19.4. The van der Waals surface area contributed by atoms with Crippen LogP contribution in [0.3, 0.4) is 0 Å². The third-order valence-corrected chi connectivity index (χ3v) is 8.94. The highest BCUT2D eigenvalue weighted by molar-refractivity contribution is 6.25. The van der Waals surface area contributed by atoms with Crippen molar-refractivity contribution in [2.24, 2.45) is 17.8 Å². The zero-order valence-corrected chi connectivity index (χ0v) is 23.5. The lowest BCUT2D eigenvalue weighted by Crippen LogP contribution is -2.39. The van der Waals surface area contributed by atoms with Crippen LogP contribution in [0.4, 0.5) is 32.0 Å². The number of rotatable bonds is 3. The number of carbonyl (C=O) groups excluding carboxylic acids is 4. The monoisotopic (exact) mass is 631 g/mol. The van der Waals surface area contributed by atoms with Gasteiger partial charge in [-0.3, -0.25) is 19.2 Å². The average molecular weight is 632 g/mol. The Labute approximate surface area is 251 Å². The number of aromatic hydroxyl groups is 1. The number of imide groups is 1. The smallest absolute Gasteiger partial charge is 0.416 e. The number of halogens is 6. The van der Waals surface area contributed by atoms with E-state index >= 15 is 0 Å². The van der Waals surface area contributed by atoms with E-state index < -0.39 is 76.2 Å². The van der Waals surface area contributed by atoms with E-state index in [-0.39, 0.29) is 46.9 Å². The number of phenols is 1. The van der Waals surface area contributed by atoms with Crippen molar-refractivity contribution in [2.75, 3.05) is 12.0 Å². The highest BCUT2D eigenvalue weighted by Crippen LogP contribution is 2.57. The topological polar surface area (TPSA) is 101 Å². The van der Waals surface area contributed by atoms with Gasteiger partial charge in [-0.2, -0.15) is 26.3 Å². The zero-order chi connectivity index (χ0) is 32.7. The maximum Gasteiger partial charge on any atom is 0.416 e. The molecule has 0 radical (unpaired) electrons. The van der Waals surface area contributed by atoms with Crippen molar-refractivity contribution in [3.63, 3.8) is 0 Å². The quantitative estimate of drug-likeness (QED) is 0.191. The molecule has 0 saturated carbocycles. The molecule has 1 heterocycles. The van der Waals surface area contributed by atoms with E-state index in [9.17, 15) is 50.6 Å². The van der Waals surface area contributed by atoms with Crippen LogP contribution in [0.15, 0.2) is 70.8 Å². The summed E-state index contributed by atoms with van der Waals surface area (Å²) in [5.74, 6) is -7.28. The first-order valence-electron chi connectivity index (χ1n) is 13.8. The maximum absolute atomic E-state index is 13.9. The second kappa shape index (κ2) is 10.2. The predicted octanol–water partition coefficient (Wildman–Crippen LogP) is 6.07. The van der Waals surface area contributed by atoms with Crippen LogP contribution in [0.25, 0.3) is 0 Å². The summed E-state index contributed by atoms with van der Waals surface area (Å²) < 4.78 is 86.8. The Hall–Kier alpha value is -4.68. The largest absolute Gasteiger partial charge is 0.507 e. The molecule has 45 heavy (non-hydrogen) atoms. The maximum atomic E-state index is 13.9. The highest BCUT2D eigenvalue weighted by Gasteiger charge is 2.57. The molecule has 0 bridgehead atoms. The molecule has 13 heteroatoms. The molecule has 4 aliphatic rings. The summed E-state index contributed by atoms with van der Waals surface area (Å²) in [6, 6.07) is 4.89. The van der Waals surface area contributed by atoms with Crippen LogP contribution in [-0.4, -0.2) is 35.6 Å². The molecule has 6 rings (SSSR count). The van der Waals surface area contributed by atoms with Gasteiger partial charge in [0.2, 0.25) is 11.8 Å². The number of allylic oxidation sites excluding steroid dienone is 6. The van der Waals surface area contributed by atoms with E-state index in [1.165, 1.54) is 32.2 Å². The Morgan fingerprint density at radius 3 is 2.11 bits per heavy atom. The molecule has 1 N–H and O–H groups in total. The van der Waals surface area contributed by atoms with Gasteiger partial charge in [-0.1, -0.05) is 17.7 Å². The van der Waals surface area contributed by atoms with Gasteiger partial charge in [0, 0.05) is 34.3 Å². The van der Waals surface area contributed by atoms with E-state index in [4.69, 9.17) is 4.74 Å². The number of hydrogen-bond acceptors (Lipinski definition) is 6. The number of amides is 2. The Kier molecular flexibility index (Phi) is 6.86. The van der Waals surface area contributed by atoms with E-state index in [0.717, 1.165) is 6.08 Å². The van der Waals surface area contributed by atoms with Gasteiger partial charge in [0.15, 0.2) is 11.6 Å². The van der Waals surface area contributed by atoms with Crippen molar-refractivity contribution in [3.8, 4) is 11.5 Å². The molecule has 7 nitrogen and oxygen atoms in total. The van der Waals surface area contributed by atoms with Crippen LogP contribution in [0.1, 0.15) is 42.4 Å². The molecule has 4 atom stereocenters. The average Bonchev–Trinajstić information content (AvgIpc) is 3.23. The van der Waals surface area contributed by atoms with Gasteiger partial charge in [-0.05, 0) is 56.0 Å². The molecule has 2 aromatic rings. The molecule has 0 spiro atoms. The number of fused-ring (bicyclic) bond motifs is 3. The van der Waals surface area contributed by atoms with Crippen LogP contribution in [-0.2, 0) is 31.5 Å². The lowest BCUT2D eigenvalue weighted by atomic mass is 9.59. The first-order chi connectivity index (χ1) is 21.0. The number of carbonyl (C=O) groups is 4. The lowest BCUT2D eigenvalue weighted by Gasteiger charge is -2.42. The summed E-state index contributed by atoms with van der Waals surface area (Å²) in [4.78, 5) is 54.6. The Morgan fingerprint density at radius 2 is 1.53 bits per heavy atom. The molecular formula is C32H23F6NO6. The normalized spacial score (nSPS) is 25.1. The SMILES string of the molecule is COc1ccc(C2C3=CCC4C(=O)N(c5cc(C(F)(F)F)cc(C(F)(F)F)c5)C(=O)C4C3CC3=C2C(=O)C(C)=CC3=O)c(O)c1. The molecule has 4 unspecified atom stereocenters. The van der Waals surface area contributed by atoms with Gasteiger partial charge < -0.3 is 9.84 Å². The summed E-state index contributed by atoms with van der Waals surface area (Å²) in [7, 11) is 1.38. The van der Waals surface area contributed by atoms with Crippen LogP contribution in [0, 0.1) is 17.8 Å². The van der Waals surface area contributed by atoms with Gasteiger partial charge in [0.25, 0.3) is 0 Å². The fourth-order valence-corrected chi connectivity index (χ4v) is 6.93. The number of ether oxygens (including phenoxy) is 1. The first-order valence-corrected chi connectivity index (χ1v) is 13.8. The number of nitrogens with zero attached hydrogens (tertiary/aromatic N) is 1. The van der Waals surface area contributed by atoms with Crippen molar-refractivity contribution >= 4 is 29.1 Å². The van der Waals surface area contributed by atoms with E-state index in [1.54, 1.807) is 6.08 Å².